The number of rotatable bonds is 6. The molecule has 5 rings (SSSR count). The number of nitrogens with one attached hydrogen (secondary N) is 4. The van der Waals surface area contributed by atoms with Crippen molar-refractivity contribution in [2.45, 2.75) is 61.9 Å². The molecule has 5 amide bonds. The zero-order valence-corrected chi connectivity index (χ0v) is 18.5. The van der Waals surface area contributed by atoms with Crippen LogP contribution in [0.4, 0.5) is 16.2 Å². The highest BCUT2D eigenvalue weighted by Crippen LogP contribution is 2.33. The predicted octanol–water partition coefficient (Wildman–Crippen LogP) is 1.91. The molecular weight excluding hydrogens is 430 g/mol. The van der Waals surface area contributed by atoms with E-state index in [0.717, 1.165) is 31.4 Å². The summed E-state index contributed by atoms with van der Waals surface area (Å²) < 4.78 is 0. The van der Waals surface area contributed by atoms with Crippen molar-refractivity contribution in [1.82, 2.24) is 15.5 Å². The molecule has 0 aliphatic carbocycles. The number of hydrogen-bond acceptors (Lipinski definition) is 5. The molecule has 4 aliphatic heterocycles. The van der Waals surface area contributed by atoms with Crippen LogP contribution in [0.25, 0.3) is 0 Å². The summed E-state index contributed by atoms with van der Waals surface area (Å²) in [5.74, 6) is 0.523. The minimum Gasteiger partial charge on any atom is -0.332 e. The van der Waals surface area contributed by atoms with Gasteiger partial charge in [-0.25, -0.2) is 4.79 Å². The summed E-state index contributed by atoms with van der Waals surface area (Å²) in [4.78, 5) is 50.8. The van der Waals surface area contributed by atoms with Crippen LogP contribution in [0.1, 0.15) is 48.9 Å². The van der Waals surface area contributed by atoms with E-state index in [1.54, 1.807) is 23.1 Å². The monoisotopic (exact) mass is 457 g/mol. The summed E-state index contributed by atoms with van der Waals surface area (Å²) in [6.07, 6.45) is 4.53. The number of amides is 5. The Labute approximate surface area is 190 Å². The quantitative estimate of drug-likeness (QED) is 0.384. The van der Waals surface area contributed by atoms with Gasteiger partial charge >= 0.3 is 6.03 Å². The number of unbranched alkanes of at least 4 members (excludes halogenated alkanes) is 1. The summed E-state index contributed by atoms with van der Waals surface area (Å²) in [5.41, 5.74) is 1.47. The maximum absolute atomic E-state index is 12.9. The van der Waals surface area contributed by atoms with E-state index in [-0.39, 0.29) is 35.8 Å². The van der Waals surface area contributed by atoms with Gasteiger partial charge in [0.2, 0.25) is 11.8 Å². The Bertz CT molecular complexity index is 970. The van der Waals surface area contributed by atoms with Crippen molar-refractivity contribution >= 4 is 46.9 Å². The Morgan fingerprint density at radius 3 is 2.94 bits per heavy atom. The second-order valence-corrected chi connectivity index (χ2v) is 10.1. The van der Waals surface area contributed by atoms with Crippen LogP contribution < -0.4 is 21.3 Å². The number of benzene rings is 1. The second kappa shape index (κ2) is 8.65. The third-order valence-electron chi connectivity index (χ3n) is 6.69. The third-order valence-corrected chi connectivity index (χ3v) is 8.20. The SMILES string of the molecule is O=C(CCCC[C@@H]1SC[C@@H]2NC(=O)N[C@@H]21)Nc1ccc2c(c1)C(=O)N1CCC[C@H]1C(=O)N2. The van der Waals surface area contributed by atoms with Gasteiger partial charge in [-0.15, -0.1) is 0 Å². The number of carbonyl (C=O) groups excluding carboxylic acids is 4. The Hall–Kier alpha value is -2.75. The van der Waals surface area contributed by atoms with Crippen molar-refractivity contribution in [1.29, 1.82) is 0 Å². The van der Waals surface area contributed by atoms with Crippen molar-refractivity contribution in [2.24, 2.45) is 0 Å². The molecule has 0 spiro atoms. The highest BCUT2D eigenvalue weighted by Gasteiger charge is 2.42. The summed E-state index contributed by atoms with van der Waals surface area (Å²) in [5, 5.41) is 12.0. The van der Waals surface area contributed by atoms with Crippen molar-refractivity contribution in [2.75, 3.05) is 22.9 Å². The third kappa shape index (κ3) is 4.03. The van der Waals surface area contributed by atoms with Gasteiger partial charge < -0.3 is 26.2 Å². The molecule has 9 nitrogen and oxygen atoms in total. The van der Waals surface area contributed by atoms with Gasteiger partial charge in [0.25, 0.3) is 5.91 Å². The van der Waals surface area contributed by atoms with Crippen LogP contribution in [0, 0.1) is 0 Å². The molecule has 3 saturated heterocycles. The Morgan fingerprint density at radius 1 is 1.19 bits per heavy atom. The molecule has 0 aromatic heterocycles. The topological polar surface area (TPSA) is 120 Å². The molecule has 32 heavy (non-hydrogen) atoms. The van der Waals surface area contributed by atoms with Gasteiger partial charge in [0.15, 0.2) is 0 Å². The molecule has 1 aromatic carbocycles. The van der Waals surface area contributed by atoms with Crippen molar-refractivity contribution < 1.29 is 19.2 Å². The van der Waals surface area contributed by atoms with Gasteiger partial charge in [-0.2, -0.15) is 11.8 Å². The van der Waals surface area contributed by atoms with Crippen molar-refractivity contribution in [3.8, 4) is 0 Å². The number of anilines is 2. The molecular formula is C22H27N5O4S. The van der Waals surface area contributed by atoms with Crippen molar-refractivity contribution in [3.63, 3.8) is 0 Å². The molecule has 4 heterocycles. The van der Waals surface area contributed by atoms with Crippen LogP contribution in [-0.4, -0.2) is 64.3 Å². The molecule has 170 valence electrons. The Morgan fingerprint density at radius 2 is 2.06 bits per heavy atom. The van der Waals surface area contributed by atoms with Gasteiger partial charge in [0, 0.05) is 29.7 Å². The van der Waals surface area contributed by atoms with Gasteiger partial charge in [0.05, 0.1) is 23.3 Å². The maximum atomic E-state index is 12.9. The number of nitrogens with zero attached hydrogens (tertiary/aromatic N) is 1. The number of carbonyl (C=O) groups is 4. The van der Waals surface area contributed by atoms with E-state index in [1.807, 2.05) is 11.8 Å². The number of fused-ring (bicyclic) bond motifs is 3. The first-order chi connectivity index (χ1) is 15.5. The second-order valence-electron chi connectivity index (χ2n) is 8.82. The highest BCUT2D eigenvalue weighted by atomic mass is 32.2. The van der Waals surface area contributed by atoms with E-state index in [2.05, 4.69) is 21.3 Å². The Kier molecular flexibility index (Phi) is 5.71. The first-order valence-electron chi connectivity index (χ1n) is 11.2. The zero-order valence-electron chi connectivity index (χ0n) is 17.7. The lowest BCUT2D eigenvalue weighted by molar-refractivity contribution is -0.119. The minimum atomic E-state index is -0.408. The minimum absolute atomic E-state index is 0.0799. The van der Waals surface area contributed by atoms with E-state index in [1.165, 1.54) is 0 Å². The Balaban J connectivity index is 1.13. The first kappa shape index (κ1) is 21.1. The van der Waals surface area contributed by atoms with Crippen LogP contribution in [0.3, 0.4) is 0 Å². The molecule has 4 aliphatic rings. The number of urea groups is 1. The van der Waals surface area contributed by atoms with E-state index < -0.39 is 6.04 Å². The smallest absolute Gasteiger partial charge is 0.315 e. The zero-order chi connectivity index (χ0) is 22.2. The van der Waals surface area contributed by atoms with Gasteiger partial charge in [-0.3, -0.25) is 14.4 Å². The molecule has 4 N–H and O–H groups in total. The van der Waals surface area contributed by atoms with Crippen LogP contribution in [0.15, 0.2) is 18.2 Å². The fraction of sp³-hybridized carbons (Fsp3) is 0.545. The summed E-state index contributed by atoms with van der Waals surface area (Å²) in [6.45, 7) is 0.577. The molecule has 0 bridgehead atoms. The average Bonchev–Trinajstić information content (AvgIpc) is 3.46. The number of thioether (sulfide) groups is 1. The van der Waals surface area contributed by atoms with Crippen LogP contribution in [0.5, 0.6) is 0 Å². The fourth-order valence-corrected chi connectivity index (χ4v) is 6.60. The lowest BCUT2D eigenvalue weighted by atomic mass is 10.0. The van der Waals surface area contributed by atoms with Crippen molar-refractivity contribution in [3.05, 3.63) is 23.8 Å². The first-order valence-corrected chi connectivity index (χ1v) is 12.3. The van der Waals surface area contributed by atoms with E-state index in [0.29, 0.717) is 41.6 Å². The van der Waals surface area contributed by atoms with E-state index in [9.17, 15) is 19.2 Å². The van der Waals surface area contributed by atoms with Crippen LogP contribution >= 0.6 is 11.8 Å². The van der Waals surface area contributed by atoms with Crippen LogP contribution in [-0.2, 0) is 9.59 Å². The fourth-order valence-electron chi connectivity index (χ4n) is 5.06. The van der Waals surface area contributed by atoms with E-state index >= 15 is 0 Å². The molecule has 3 fully saturated rings. The normalized spacial score (nSPS) is 28.2. The van der Waals surface area contributed by atoms with Gasteiger partial charge in [0.1, 0.15) is 6.04 Å². The molecule has 1 aromatic rings. The summed E-state index contributed by atoms with van der Waals surface area (Å²) in [6, 6.07) is 4.97. The lowest BCUT2D eigenvalue weighted by Gasteiger charge is -2.20. The van der Waals surface area contributed by atoms with Gasteiger partial charge in [-0.05, 0) is 43.9 Å². The standard InChI is InChI=1S/C22H27N5O4S/c28-18(6-2-1-5-17-19-15(11-32-17)25-22(31)26-19)23-12-7-8-14-13(10-12)21(30)27-9-3-4-16(27)20(29)24-14/h7-8,10,15-17,19H,1-6,9,11H2,(H,23,28)(H,24,29)(H2,25,26,31)/t15-,16-,17-,19-/m0/s1. The largest absolute Gasteiger partial charge is 0.332 e. The predicted molar refractivity (Wildman–Crippen MR) is 122 cm³/mol. The number of hydrogen-bond donors (Lipinski definition) is 4. The summed E-state index contributed by atoms with van der Waals surface area (Å²) >= 11 is 1.88. The van der Waals surface area contributed by atoms with Crippen LogP contribution in [0.2, 0.25) is 0 Å². The molecule has 10 heteroatoms. The lowest BCUT2D eigenvalue weighted by Crippen LogP contribution is -2.40. The average molecular weight is 458 g/mol. The molecule has 0 saturated carbocycles. The highest BCUT2D eigenvalue weighted by molar-refractivity contribution is 8.00. The summed E-state index contributed by atoms with van der Waals surface area (Å²) in [7, 11) is 0. The molecule has 4 atom stereocenters. The van der Waals surface area contributed by atoms with Gasteiger partial charge in [-0.1, -0.05) is 6.42 Å². The molecule has 0 unspecified atom stereocenters. The maximum Gasteiger partial charge on any atom is 0.315 e. The molecule has 0 radical (unpaired) electrons. The van der Waals surface area contributed by atoms with E-state index in [4.69, 9.17) is 0 Å².